The lowest BCUT2D eigenvalue weighted by atomic mass is 9.54. The minimum absolute atomic E-state index is 0. The van der Waals surface area contributed by atoms with E-state index in [0.29, 0.717) is 18.9 Å². The van der Waals surface area contributed by atoms with Crippen LogP contribution < -0.4 is 5.73 Å². The second kappa shape index (κ2) is 9.04. The summed E-state index contributed by atoms with van der Waals surface area (Å²) in [5.74, 6) is 0.629. The number of likely N-dealkylation sites (N-methyl/N-ethyl adjacent to an activating group) is 1. The van der Waals surface area contributed by atoms with Gasteiger partial charge < -0.3 is 20.3 Å². The number of nitrogens with zero attached hydrogens (tertiary/aromatic N) is 2. The van der Waals surface area contributed by atoms with Gasteiger partial charge in [0.25, 0.3) is 0 Å². The summed E-state index contributed by atoms with van der Waals surface area (Å²) >= 11 is 0. The number of rotatable bonds is 5. The van der Waals surface area contributed by atoms with Crippen LogP contribution in [0.1, 0.15) is 40.0 Å². The van der Waals surface area contributed by atoms with Crippen molar-refractivity contribution < 1.29 is 9.53 Å². The van der Waals surface area contributed by atoms with Crippen LogP contribution in [0.2, 0.25) is 0 Å². The number of amides is 1. The topological polar surface area (TPSA) is 58.8 Å². The van der Waals surface area contributed by atoms with Gasteiger partial charge in [0.15, 0.2) is 0 Å². The highest BCUT2D eigenvalue weighted by Gasteiger charge is 2.63. The maximum atomic E-state index is 12.9. The van der Waals surface area contributed by atoms with E-state index in [-0.39, 0.29) is 42.2 Å². The molecule has 2 N–H and O–H groups in total. The lowest BCUT2D eigenvalue weighted by Gasteiger charge is -2.58. The highest BCUT2D eigenvalue weighted by atomic mass is 35.5. The number of ether oxygens (including phenoxy) is 1. The van der Waals surface area contributed by atoms with Crippen LogP contribution in [0.5, 0.6) is 0 Å². The third-order valence-corrected chi connectivity index (χ3v) is 5.81. The SMILES string of the molecule is CCOC1CC(N)(C(=O)N(C)CC2CCCN(C)C2)C1(C)C.Cl.Cl. The summed E-state index contributed by atoms with van der Waals surface area (Å²) < 4.78 is 5.73. The molecule has 3 atom stereocenters. The normalized spacial score (nSPS) is 32.1. The number of hydrogen-bond donors (Lipinski definition) is 1. The highest BCUT2D eigenvalue weighted by Crippen LogP contribution is 2.50. The molecule has 1 saturated heterocycles. The molecule has 1 saturated carbocycles. The van der Waals surface area contributed by atoms with Crippen molar-refractivity contribution in [1.29, 1.82) is 0 Å². The van der Waals surface area contributed by atoms with Crippen LogP contribution in [0.25, 0.3) is 0 Å². The van der Waals surface area contributed by atoms with Crippen molar-refractivity contribution in [2.45, 2.75) is 51.7 Å². The molecular weight excluding hydrogens is 349 g/mol. The van der Waals surface area contributed by atoms with E-state index >= 15 is 0 Å². The van der Waals surface area contributed by atoms with Gasteiger partial charge in [-0.15, -0.1) is 24.8 Å². The maximum Gasteiger partial charge on any atom is 0.243 e. The highest BCUT2D eigenvalue weighted by molar-refractivity contribution is 5.88. The number of halogens is 2. The largest absolute Gasteiger partial charge is 0.378 e. The van der Waals surface area contributed by atoms with Crippen LogP contribution in [-0.2, 0) is 9.53 Å². The van der Waals surface area contributed by atoms with Gasteiger partial charge in [-0.2, -0.15) is 0 Å². The van der Waals surface area contributed by atoms with Gasteiger partial charge in [-0.05, 0) is 39.3 Å². The van der Waals surface area contributed by atoms with Crippen molar-refractivity contribution >= 4 is 30.7 Å². The standard InChI is InChI=1S/C17H33N3O2.2ClH/c1-6-22-14-10-17(18,16(14,2)3)15(21)20(5)12-13-8-7-9-19(4)11-13;;/h13-14H,6-12,18H2,1-5H3;2*1H. The Kier molecular flexibility index (Phi) is 9.01. The van der Waals surface area contributed by atoms with E-state index in [1.807, 2.05) is 18.9 Å². The third-order valence-electron chi connectivity index (χ3n) is 5.81. The molecule has 144 valence electrons. The van der Waals surface area contributed by atoms with E-state index in [2.05, 4.69) is 25.8 Å². The molecular formula is C17H35Cl2N3O2. The van der Waals surface area contributed by atoms with Crippen LogP contribution in [-0.4, -0.2) is 67.7 Å². The van der Waals surface area contributed by atoms with Crippen molar-refractivity contribution in [1.82, 2.24) is 9.80 Å². The molecule has 3 unspecified atom stereocenters. The van der Waals surface area contributed by atoms with Gasteiger partial charge in [0, 0.05) is 38.6 Å². The number of carbonyl (C=O) groups excluding carboxylic acids is 1. The lowest BCUT2D eigenvalue weighted by Crippen LogP contribution is -2.76. The fraction of sp³-hybridized carbons (Fsp3) is 0.941. The second-order valence-electron chi connectivity index (χ2n) is 7.80. The molecule has 1 aliphatic carbocycles. The van der Waals surface area contributed by atoms with E-state index in [1.165, 1.54) is 12.8 Å². The molecule has 1 amide bonds. The third kappa shape index (κ3) is 4.36. The smallest absolute Gasteiger partial charge is 0.243 e. The predicted octanol–water partition coefficient (Wildman–Crippen LogP) is 2.16. The van der Waals surface area contributed by atoms with E-state index in [0.717, 1.165) is 19.6 Å². The number of hydrogen-bond acceptors (Lipinski definition) is 4. The van der Waals surface area contributed by atoms with E-state index in [9.17, 15) is 4.79 Å². The van der Waals surface area contributed by atoms with Crippen molar-refractivity contribution in [3.05, 3.63) is 0 Å². The Morgan fingerprint density at radius 1 is 1.38 bits per heavy atom. The molecule has 0 radical (unpaired) electrons. The zero-order valence-corrected chi connectivity index (χ0v) is 17.3. The van der Waals surface area contributed by atoms with Gasteiger partial charge in [0.1, 0.15) is 5.54 Å². The van der Waals surface area contributed by atoms with Crippen LogP contribution in [0.15, 0.2) is 0 Å². The van der Waals surface area contributed by atoms with Gasteiger partial charge in [-0.3, -0.25) is 4.79 Å². The molecule has 0 aromatic rings. The Morgan fingerprint density at radius 3 is 2.50 bits per heavy atom. The first-order valence-corrected chi connectivity index (χ1v) is 8.57. The zero-order chi connectivity index (χ0) is 16.5. The molecule has 2 rings (SSSR count). The Bertz CT molecular complexity index is 423. The summed E-state index contributed by atoms with van der Waals surface area (Å²) in [6.07, 6.45) is 3.13. The van der Waals surface area contributed by atoms with Crippen molar-refractivity contribution in [3.8, 4) is 0 Å². The van der Waals surface area contributed by atoms with E-state index < -0.39 is 5.54 Å². The fourth-order valence-electron chi connectivity index (χ4n) is 4.03. The van der Waals surface area contributed by atoms with E-state index in [1.54, 1.807) is 0 Å². The summed E-state index contributed by atoms with van der Waals surface area (Å²) in [4.78, 5) is 17.1. The summed E-state index contributed by atoms with van der Waals surface area (Å²) in [6.45, 7) is 9.80. The Labute approximate surface area is 159 Å². The molecule has 0 aromatic carbocycles. The molecule has 0 aromatic heterocycles. The first-order valence-electron chi connectivity index (χ1n) is 8.57. The van der Waals surface area contributed by atoms with Crippen LogP contribution in [0.4, 0.5) is 0 Å². The van der Waals surface area contributed by atoms with Crippen molar-refractivity contribution in [2.75, 3.05) is 40.3 Å². The average Bonchev–Trinajstić information content (AvgIpc) is 2.46. The maximum absolute atomic E-state index is 12.9. The van der Waals surface area contributed by atoms with Gasteiger partial charge in [0.2, 0.25) is 5.91 Å². The minimum atomic E-state index is -0.790. The number of carbonyl (C=O) groups is 1. The summed E-state index contributed by atoms with van der Waals surface area (Å²) in [5.41, 5.74) is 5.40. The number of likely N-dealkylation sites (tertiary alicyclic amines) is 1. The summed E-state index contributed by atoms with van der Waals surface area (Å²) in [6, 6.07) is 0. The second-order valence-corrected chi connectivity index (χ2v) is 7.80. The monoisotopic (exact) mass is 383 g/mol. The van der Waals surface area contributed by atoms with Gasteiger partial charge in [-0.1, -0.05) is 13.8 Å². The molecule has 5 nitrogen and oxygen atoms in total. The van der Waals surface area contributed by atoms with Crippen LogP contribution >= 0.6 is 24.8 Å². The van der Waals surface area contributed by atoms with E-state index in [4.69, 9.17) is 10.5 Å². The average molecular weight is 384 g/mol. The van der Waals surface area contributed by atoms with Gasteiger partial charge >= 0.3 is 0 Å². The zero-order valence-electron chi connectivity index (χ0n) is 15.7. The van der Waals surface area contributed by atoms with Crippen molar-refractivity contribution in [3.63, 3.8) is 0 Å². The molecule has 2 fully saturated rings. The summed E-state index contributed by atoms with van der Waals surface area (Å²) in [7, 11) is 4.05. The minimum Gasteiger partial charge on any atom is -0.378 e. The number of piperidine rings is 1. The Balaban J connectivity index is 0.00000264. The first-order chi connectivity index (χ1) is 10.2. The Morgan fingerprint density at radius 2 is 2.00 bits per heavy atom. The molecule has 2 aliphatic rings. The molecule has 0 bridgehead atoms. The molecule has 0 spiro atoms. The van der Waals surface area contributed by atoms with Crippen LogP contribution in [0.3, 0.4) is 0 Å². The molecule has 1 heterocycles. The van der Waals surface area contributed by atoms with Gasteiger partial charge in [-0.25, -0.2) is 0 Å². The molecule has 7 heteroatoms. The molecule has 1 aliphatic heterocycles. The first kappa shape index (κ1) is 23.9. The molecule has 24 heavy (non-hydrogen) atoms. The Hall–Kier alpha value is -0.0700. The summed E-state index contributed by atoms with van der Waals surface area (Å²) in [5, 5.41) is 0. The van der Waals surface area contributed by atoms with Crippen molar-refractivity contribution in [2.24, 2.45) is 17.1 Å². The number of nitrogens with two attached hydrogens (primary N) is 1. The quantitative estimate of drug-likeness (QED) is 0.789. The fourth-order valence-corrected chi connectivity index (χ4v) is 4.03. The van der Waals surface area contributed by atoms with Crippen LogP contribution in [0, 0.1) is 11.3 Å². The predicted molar refractivity (Wildman–Crippen MR) is 103 cm³/mol. The lowest BCUT2D eigenvalue weighted by molar-refractivity contribution is -0.178. The van der Waals surface area contributed by atoms with Gasteiger partial charge in [0.05, 0.1) is 6.10 Å².